The van der Waals surface area contributed by atoms with Gasteiger partial charge >= 0.3 is 12.4 Å². The van der Waals surface area contributed by atoms with Crippen molar-refractivity contribution in [2.45, 2.75) is 74.8 Å². The van der Waals surface area contributed by atoms with E-state index in [9.17, 15) is 39.6 Å². The van der Waals surface area contributed by atoms with Gasteiger partial charge in [-0.15, -0.1) is 0 Å². The summed E-state index contributed by atoms with van der Waals surface area (Å²) < 4.78 is 111. The first-order valence-corrected chi connectivity index (χ1v) is 16.1. The van der Waals surface area contributed by atoms with Crippen LogP contribution in [-0.2, 0) is 27.2 Å². The number of piperidine rings is 1. The van der Waals surface area contributed by atoms with Crippen LogP contribution in [0.2, 0.25) is 0 Å². The molecule has 0 aromatic heterocycles. The number of rotatable bonds is 7. The van der Waals surface area contributed by atoms with Gasteiger partial charge in [0.2, 0.25) is 15.9 Å². The van der Waals surface area contributed by atoms with Crippen molar-refractivity contribution < 1.29 is 39.6 Å². The van der Waals surface area contributed by atoms with Crippen molar-refractivity contribution in [3.05, 3.63) is 89.0 Å². The van der Waals surface area contributed by atoms with E-state index in [0.717, 1.165) is 53.9 Å². The Bertz CT molecular complexity index is 1640. The van der Waals surface area contributed by atoms with Crippen LogP contribution in [0.15, 0.2) is 71.6 Å². The first kappa shape index (κ1) is 32.8. The Kier molecular flexibility index (Phi) is 9.23. The lowest BCUT2D eigenvalue weighted by Crippen LogP contribution is -2.46. The third-order valence-electron chi connectivity index (χ3n) is 8.49. The van der Waals surface area contributed by atoms with E-state index in [1.54, 1.807) is 24.3 Å². The number of amides is 1. The molecule has 242 valence electrons. The van der Waals surface area contributed by atoms with Crippen LogP contribution in [0.3, 0.4) is 0 Å². The summed E-state index contributed by atoms with van der Waals surface area (Å²) in [5.74, 6) is -1.86. The van der Waals surface area contributed by atoms with E-state index in [0.29, 0.717) is 11.6 Å². The van der Waals surface area contributed by atoms with Crippen LogP contribution >= 0.6 is 0 Å². The highest BCUT2D eigenvalue weighted by Crippen LogP contribution is 2.43. The molecule has 3 aromatic carbocycles. The molecule has 5 rings (SSSR count). The molecule has 1 amide bonds. The van der Waals surface area contributed by atoms with Gasteiger partial charge < -0.3 is 10.6 Å². The molecular weight excluding hydrogens is 620 g/mol. The predicted molar refractivity (Wildman–Crippen MR) is 158 cm³/mol. The molecule has 2 atom stereocenters. The number of halogens is 6. The molecular formula is C32H33F6N3O3S. The lowest BCUT2D eigenvalue weighted by molar-refractivity contribution is -0.140. The molecule has 0 bridgehead atoms. The molecule has 1 saturated heterocycles. The van der Waals surface area contributed by atoms with Crippen LogP contribution in [0, 0.1) is 12.8 Å². The van der Waals surface area contributed by atoms with Gasteiger partial charge in [0.1, 0.15) is 0 Å². The number of carbonyl (C=O) groups excluding carboxylic acids is 1. The van der Waals surface area contributed by atoms with E-state index >= 15 is 0 Å². The minimum atomic E-state index is -4.96. The molecule has 0 spiro atoms. The highest BCUT2D eigenvalue weighted by molar-refractivity contribution is 7.89. The summed E-state index contributed by atoms with van der Waals surface area (Å²) in [4.78, 5) is 12.8. The minimum absolute atomic E-state index is 0.0389. The van der Waals surface area contributed by atoms with Gasteiger partial charge in [-0.05, 0) is 80.1 Å². The van der Waals surface area contributed by atoms with Crippen LogP contribution in [-0.4, -0.2) is 31.2 Å². The summed E-state index contributed by atoms with van der Waals surface area (Å²) in [6.07, 6.45) is -5.10. The van der Waals surface area contributed by atoms with Gasteiger partial charge in [0, 0.05) is 24.0 Å². The number of hydrogen-bond donors (Lipinski definition) is 2. The molecule has 1 aliphatic heterocycles. The number of hydrogen-bond acceptors (Lipinski definition) is 4. The number of benzene rings is 3. The second kappa shape index (κ2) is 12.7. The van der Waals surface area contributed by atoms with Gasteiger partial charge in [0.25, 0.3) is 0 Å². The molecule has 45 heavy (non-hydrogen) atoms. The summed E-state index contributed by atoms with van der Waals surface area (Å²) in [6.45, 7) is 1.13. The van der Waals surface area contributed by atoms with Gasteiger partial charge in [0.05, 0.1) is 28.0 Å². The molecule has 2 fully saturated rings. The number of nitrogens with one attached hydrogen (secondary N) is 2. The summed E-state index contributed by atoms with van der Waals surface area (Å²) in [7, 11) is -4.80. The van der Waals surface area contributed by atoms with Crippen molar-refractivity contribution in [1.82, 2.24) is 4.31 Å². The molecule has 6 nitrogen and oxygen atoms in total. The molecule has 1 aliphatic carbocycles. The lowest BCUT2D eigenvalue weighted by Gasteiger charge is -2.40. The van der Waals surface area contributed by atoms with Gasteiger partial charge in [-0.25, -0.2) is 8.42 Å². The normalized spacial score (nSPS) is 20.2. The van der Waals surface area contributed by atoms with Crippen LogP contribution in [0.25, 0.3) is 0 Å². The largest absolute Gasteiger partial charge is 0.417 e. The molecule has 0 radical (unpaired) electrons. The Morgan fingerprint density at radius 3 is 2.07 bits per heavy atom. The Morgan fingerprint density at radius 1 is 0.800 bits per heavy atom. The van der Waals surface area contributed by atoms with Crippen molar-refractivity contribution in [3.8, 4) is 0 Å². The van der Waals surface area contributed by atoms with Crippen molar-refractivity contribution in [2.75, 3.05) is 17.2 Å². The highest BCUT2D eigenvalue weighted by Gasteiger charge is 2.46. The number of aryl methyl sites for hydroxylation is 1. The number of carbonyl (C=O) groups is 1. The first-order valence-electron chi connectivity index (χ1n) is 14.7. The second-order valence-corrected chi connectivity index (χ2v) is 13.4. The Morgan fingerprint density at radius 2 is 1.42 bits per heavy atom. The van der Waals surface area contributed by atoms with Crippen molar-refractivity contribution in [2.24, 2.45) is 5.92 Å². The number of sulfonamides is 1. The predicted octanol–water partition coefficient (Wildman–Crippen LogP) is 8.17. The van der Waals surface area contributed by atoms with E-state index in [1.165, 1.54) is 25.1 Å². The zero-order valence-corrected chi connectivity index (χ0v) is 25.2. The minimum Gasteiger partial charge on any atom is -0.382 e. The van der Waals surface area contributed by atoms with Crippen LogP contribution < -0.4 is 10.6 Å². The Balaban J connectivity index is 1.53. The third-order valence-corrected chi connectivity index (χ3v) is 10.4. The SMILES string of the molecule is Cc1ccc(NC(=O)[C@H]2CCCN(S(=O)(=O)c3ccccc3C(F)(F)F)[C@H]2c2ccc(NC3CCCC3)cc2)cc1C(F)(F)F. The molecule has 2 aliphatic rings. The van der Waals surface area contributed by atoms with E-state index in [2.05, 4.69) is 10.6 Å². The monoisotopic (exact) mass is 653 g/mol. The molecule has 2 N–H and O–H groups in total. The molecule has 1 heterocycles. The second-order valence-electron chi connectivity index (χ2n) is 11.6. The average molecular weight is 654 g/mol. The van der Waals surface area contributed by atoms with E-state index < -0.39 is 56.3 Å². The maximum Gasteiger partial charge on any atom is 0.417 e. The maximum absolute atomic E-state index is 14.0. The van der Waals surface area contributed by atoms with Crippen molar-refractivity contribution in [1.29, 1.82) is 0 Å². The maximum atomic E-state index is 14.0. The lowest BCUT2D eigenvalue weighted by atomic mass is 9.85. The first-order chi connectivity index (χ1) is 21.2. The quantitative estimate of drug-likeness (QED) is 0.252. The van der Waals surface area contributed by atoms with Gasteiger partial charge in [0.15, 0.2) is 0 Å². The topological polar surface area (TPSA) is 78.5 Å². The molecule has 13 heteroatoms. The Hall–Kier alpha value is -3.58. The highest BCUT2D eigenvalue weighted by atomic mass is 32.2. The van der Waals surface area contributed by atoms with Gasteiger partial charge in [-0.2, -0.15) is 30.6 Å². The number of anilines is 2. The molecule has 3 aromatic rings. The van der Waals surface area contributed by atoms with Crippen LogP contribution in [0.5, 0.6) is 0 Å². The number of alkyl halides is 6. The fraction of sp³-hybridized carbons (Fsp3) is 0.406. The Labute approximate surface area is 257 Å². The molecule has 1 saturated carbocycles. The van der Waals surface area contributed by atoms with E-state index in [1.807, 2.05) is 0 Å². The standard InChI is InChI=1S/C32H33F6N3O3S/c1-20-12-15-24(19-27(20)32(36,37)38)40-30(42)25-9-6-18-41(45(43,44)28-11-5-4-10-26(28)31(33,34)35)29(25)21-13-16-23(17-14-21)39-22-7-2-3-8-22/h4-5,10-17,19,22,25,29,39H,2-3,6-9,18H2,1H3,(H,40,42)/t25-,29-/m0/s1. The number of nitrogens with zero attached hydrogens (tertiary/aromatic N) is 1. The van der Waals surface area contributed by atoms with Crippen LogP contribution in [0.1, 0.15) is 66.8 Å². The average Bonchev–Trinajstić information content (AvgIpc) is 3.50. The van der Waals surface area contributed by atoms with E-state index in [4.69, 9.17) is 0 Å². The fourth-order valence-corrected chi connectivity index (χ4v) is 8.18. The smallest absolute Gasteiger partial charge is 0.382 e. The summed E-state index contributed by atoms with van der Waals surface area (Å²) in [5, 5.41) is 5.93. The zero-order valence-electron chi connectivity index (χ0n) is 24.4. The third kappa shape index (κ3) is 7.14. The van der Waals surface area contributed by atoms with E-state index in [-0.39, 0.29) is 36.7 Å². The van der Waals surface area contributed by atoms with Crippen molar-refractivity contribution >= 4 is 27.3 Å². The fourth-order valence-electron chi connectivity index (χ4n) is 6.28. The summed E-state index contributed by atoms with van der Waals surface area (Å²) >= 11 is 0. The van der Waals surface area contributed by atoms with Crippen molar-refractivity contribution in [3.63, 3.8) is 0 Å². The van der Waals surface area contributed by atoms with Crippen LogP contribution in [0.4, 0.5) is 37.7 Å². The zero-order chi connectivity index (χ0) is 32.6. The molecule has 0 unspecified atom stereocenters. The summed E-state index contributed by atoms with van der Waals surface area (Å²) in [5.41, 5.74) is -1.28. The van der Waals surface area contributed by atoms with Gasteiger partial charge in [-0.3, -0.25) is 4.79 Å². The summed E-state index contributed by atoms with van der Waals surface area (Å²) in [6, 6.07) is 13.0. The van der Waals surface area contributed by atoms with Gasteiger partial charge in [-0.1, -0.05) is 43.2 Å².